The normalized spacial score (nSPS) is 22.1. The van der Waals surface area contributed by atoms with Crippen molar-refractivity contribution in [2.24, 2.45) is 17.8 Å². The van der Waals surface area contributed by atoms with Crippen LogP contribution in [0.5, 0.6) is 0 Å². The molecule has 2 atom stereocenters. The predicted octanol–water partition coefficient (Wildman–Crippen LogP) is 1.98. The first kappa shape index (κ1) is 13.0. The Morgan fingerprint density at radius 1 is 1.44 bits per heavy atom. The van der Waals surface area contributed by atoms with Crippen molar-refractivity contribution >= 4 is 11.9 Å². The summed E-state index contributed by atoms with van der Waals surface area (Å²) >= 11 is 0. The van der Waals surface area contributed by atoms with Gasteiger partial charge in [-0.1, -0.05) is 27.7 Å². The Bertz CT molecular complexity index is 273. The van der Waals surface area contributed by atoms with Crippen LogP contribution in [-0.2, 0) is 9.53 Å². The summed E-state index contributed by atoms with van der Waals surface area (Å²) in [4.78, 5) is 23.0. The van der Waals surface area contributed by atoms with Gasteiger partial charge in [-0.2, -0.15) is 0 Å². The Labute approximate surface area is 96.7 Å². The van der Waals surface area contributed by atoms with Gasteiger partial charge in [0, 0.05) is 5.92 Å². The van der Waals surface area contributed by atoms with Crippen molar-refractivity contribution in [2.75, 3.05) is 6.54 Å². The Morgan fingerprint density at radius 3 is 2.44 bits per heavy atom. The third-order valence-electron chi connectivity index (χ3n) is 2.81. The summed E-state index contributed by atoms with van der Waals surface area (Å²) in [6.07, 6.45) is 0.0801. The zero-order valence-electron chi connectivity index (χ0n) is 10.4. The molecule has 4 heteroatoms. The number of cyclic esters (lactones) is 1. The van der Waals surface area contributed by atoms with Crippen LogP contribution in [0.25, 0.3) is 0 Å². The molecule has 0 aromatic rings. The summed E-state index contributed by atoms with van der Waals surface area (Å²) < 4.78 is 5.12. The second-order valence-corrected chi connectivity index (χ2v) is 5.12. The van der Waals surface area contributed by atoms with E-state index in [1.165, 1.54) is 0 Å². The van der Waals surface area contributed by atoms with Gasteiger partial charge in [-0.05, 0) is 12.3 Å². The molecule has 1 aliphatic rings. The van der Waals surface area contributed by atoms with E-state index < -0.39 is 6.09 Å². The molecule has 92 valence electrons. The van der Waals surface area contributed by atoms with Gasteiger partial charge in [0.1, 0.15) is 11.9 Å². The molecule has 2 unspecified atom stereocenters. The average Bonchev–Trinajstić information content (AvgIpc) is 2.59. The standard InChI is InChI=1S/C12H21NO3/c1-7(2)5-9(11(14)8(3)4)10-6-13-12(15)16-10/h7-10H,5-6H2,1-4H3,(H,13,15). The van der Waals surface area contributed by atoms with E-state index in [0.29, 0.717) is 12.5 Å². The van der Waals surface area contributed by atoms with E-state index in [2.05, 4.69) is 19.2 Å². The second-order valence-electron chi connectivity index (χ2n) is 5.12. The molecule has 0 aromatic heterocycles. The highest BCUT2D eigenvalue weighted by molar-refractivity contribution is 5.84. The third kappa shape index (κ3) is 3.22. The van der Waals surface area contributed by atoms with Gasteiger partial charge < -0.3 is 10.1 Å². The largest absolute Gasteiger partial charge is 0.444 e. The number of nitrogens with one attached hydrogen (secondary N) is 1. The monoisotopic (exact) mass is 227 g/mol. The van der Waals surface area contributed by atoms with Crippen LogP contribution in [0.2, 0.25) is 0 Å². The van der Waals surface area contributed by atoms with Gasteiger partial charge in [-0.15, -0.1) is 0 Å². The van der Waals surface area contributed by atoms with Crippen LogP contribution in [0.3, 0.4) is 0 Å². The van der Waals surface area contributed by atoms with Crippen molar-refractivity contribution < 1.29 is 14.3 Å². The molecule has 4 nitrogen and oxygen atoms in total. The number of ketones is 1. The highest BCUT2D eigenvalue weighted by Crippen LogP contribution is 2.24. The van der Waals surface area contributed by atoms with Gasteiger partial charge in [0.15, 0.2) is 0 Å². The van der Waals surface area contributed by atoms with E-state index in [0.717, 1.165) is 6.42 Å². The summed E-state index contributed by atoms with van der Waals surface area (Å²) in [5.41, 5.74) is 0. The highest BCUT2D eigenvalue weighted by atomic mass is 16.6. The van der Waals surface area contributed by atoms with Gasteiger partial charge >= 0.3 is 6.09 Å². The summed E-state index contributed by atoms with van der Waals surface area (Å²) in [7, 11) is 0. The van der Waals surface area contributed by atoms with Crippen LogP contribution in [0.4, 0.5) is 4.79 Å². The van der Waals surface area contributed by atoms with E-state index in [1.807, 2.05) is 13.8 Å². The first-order valence-corrected chi connectivity index (χ1v) is 5.90. The van der Waals surface area contributed by atoms with Crippen LogP contribution in [0, 0.1) is 17.8 Å². The molecule has 1 heterocycles. The molecule has 16 heavy (non-hydrogen) atoms. The van der Waals surface area contributed by atoms with Gasteiger partial charge in [-0.25, -0.2) is 4.79 Å². The number of hydrogen-bond acceptors (Lipinski definition) is 3. The van der Waals surface area contributed by atoms with Crippen molar-refractivity contribution in [1.82, 2.24) is 5.32 Å². The van der Waals surface area contributed by atoms with Gasteiger partial charge in [0.2, 0.25) is 0 Å². The van der Waals surface area contributed by atoms with E-state index in [9.17, 15) is 9.59 Å². The number of carbonyl (C=O) groups is 2. The minimum absolute atomic E-state index is 0.0111. The first-order chi connectivity index (χ1) is 7.41. The minimum Gasteiger partial charge on any atom is -0.444 e. The second kappa shape index (κ2) is 5.32. The molecule has 1 saturated heterocycles. The molecule has 0 radical (unpaired) electrons. The minimum atomic E-state index is -0.407. The van der Waals surface area contributed by atoms with E-state index in [-0.39, 0.29) is 23.7 Å². The topological polar surface area (TPSA) is 55.4 Å². The van der Waals surface area contributed by atoms with Crippen molar-refractivity contribution in [2.45, 2.75) is 40.2 Å². The Hall–Kier alpha value is -1.06. The summed E-state index contributed by atoms with van der Waals surface area (Å²) in [5.74, 6) is 0.434. The molecule has 1 rings (SSSR count). The lowest BCUT2D eigenvalue weighted by Gasteiger charge is -2.23. The number of carbonyl (C=O) groups excluding carboxylic acids is 2. The molecule has 1 amide bonds. The van der Waals surface area contributed by atoms with Crippen LogP contribution < -0.4 is 5.32 Å². The number of ether oxygens (including phenoxy) is 1. The van der Waals surface area contributed by atoms with Gasteiger partial charge in [-0.3, -0.25) is 4.79 Å². The van der Waals surface area contributed by atoms with Crippen LogP contribution in [0.15, 0.2) is 0 Å². The quantitative estimate of drug-likeness (QED) is 0.781. The Kier molecular flexibility index (Phi) is 4.33. The molecule has 0 aliphatic carbocycles. The van der Waals surface area contributed by atoms with Crippen LogP contribution >= 0.6 is 0 Å². The van der Waals surface area contributed by atoms with Gasteiger partial charge in [0.25, 0.3) is 0 Å². The van der Waals surface area contributed by atoms with Crippen LogP contribution in [0.1, 0.15) is 34.1 Å². The Morgan fingerprint density at radius 2 is 2.06 bits per heavy atom. The fraction of sp³-hybridized carbons (Fsp3) is 0.833. The maximum Gasteiger partial charge on any atom is 0.407 e. The molecule has 0 aromatic carbocycles. The summed E-state index contributed by atoms with van der Waals surface area (Å²) in [6, 6.07) is 0. The fourth-order valence-electron chi connectivity index (χ4n) is 2.02. The van der Waals surface area contributed by atoms with Crippen molar-refractivity contribution in [3.05, 3.63) is 0 Å². The molecule has 0 saturated carbocycles. The maximum atomic E-state index is 12.1. The molecular formula is C12H21NO3. The number of alkyl carbamates (subject to hydrolysis) is 1. The maximum absolute atomic E-state index is 12.1. The van der Waals surface area contributed by atoms with Crippen molar-refractivity contribution in [1.29, 1.82) is 0 Å². The molecule has 1 fully saturated rings. The third-order valence-corrected chi connectivity index (χ3v) is 2.81. The van der Waals surface area contributed by atoms with Crippen LogP contribution in [-0.4, -0.2) is 24.5 Å². The van der Waals surface area contributed by atoms with Crippen molar-refractivity contribution in [3.63, 3.8) is 0 Å². The smallest absolute Gasteiger partial charge is 0.407 e. The highest BCUT2D eigenvalue weighted by Gasteiger charge is 2.36. The van der Waals surface area contributed by atoms with Crippen molar-refractivity contribution in [3.8, 4) is 0 Å². The fourth-order valence-corrected chi connectivity index (χ4v) is 2.02. The lowest BCUT2D eigenvalue weighted by molar-refractivity contribution is -0.129. The molecular weight excluding hydrogens is 206 g/mol. The zero-order valence-corrected chi connectivity index (χ0v) is 10.4. The SMILES string of the molecule is CC(C)CC(C(=O)C(C)C)C1CNC(=O)O1. The molecule has 0 spiro atoms. The van der Waals surface area contributed by atoms with E-state index in [1.54, 1.807) is 0 Å². The number of Topliss-reactive ketones (excluding diaryl/α,β-unsaturated/α-hetero) is 1. The molecule has 1 N–H and O–H groups in total. The summed E-state index contributed by atoms with van der Waals surface area (Å²) in [5, 5.41) is 2.60. The lowest BCUT2D eigenvalue weighted by Crippen LogP contribution is -2.34. The zero-order chi connectivity index (χ0) is 12.3. The van der Waals surface area contributed by atoms with E-state index >= 15 is 0 Å². The number of rotatable bonds is 5. The predicted molar refractivity (Wildman–Crippen MR) is 61.1 cm³/mol. The van der Waals surface area contributed by atoms with E-state index in [4.69, 9.17) is 4.74 Å². The lowest BCUT2D eigenvalue weighted by atomic mass is 9.84. The Balaban J connectivity index is 2.70. The average molecular weight is 227 g/mol. The molecule has 0 bridgehead atoms. The number of hydrogen-bond donors (Lipinski definition) is 1. The van der Waals surface area contributed by atoms with Gasteiger partial charge in [0.05, 0.1) is 12.5 Å². The molecule has 1 aliphatic heterocycles. The first-order valence-electron chi connectivity index (χ1n) is 5.90. The number of amides is 1. The summed E-state index contributed by atoms with van der Waals surface area (Å²) in [6.45, 7) is 8.38.